The SMILES string of the molecule is O[C@@H]1CC(c2ccccc2Br)Oc2ccc(F)cc21. The minimum Gasteiger partial charge on any atom is -0.485 e. The molecule has 2 atom stereocenters. The first kappa shape index (κ1) is 12.6. The van der Waals surface area contributed by atoms with Crippen LogP contribution in [0, 0.1) is 5.82 Å². The Morgan fingerprint density at radius 3 is 2.74 bits per heavy atom. The highest BCUT2D eigenvalue weighted by Crippen LogP contribution is 2.42. The van der Waals surface area contributed by atoms with Crippen molar-refractivity contribution in [2.75, 3.05) is 0 Å². The van der Waals surface area contributed by atoms with Crippen LogP contribution in [0.1, 0.15) is 29.8 Å². The molecule has 1 N–H and O–H groups in total. The normalized spacial score (nSPS) is 21.6. The molecule has 2 aromatic rings. The number of aliphatic hydroxyl groups is 1. The van der Waals surface area contributed by atoms with Crippen LogP contribution in [0.25, 0.3) is 0 Å². The smallest absolute Gasteiger partial charge is 0.128 e. The van der Waals surface area contributed by atoms with Gasteiger partial charge >= 0.3 is 0 Å². The molecule has 0 radical (unpaired) electrons. The molecule has 0 aromatic heterocycles. The zero-order valence-electron chi connectivity index (χ0n) is 10.0. The Morgan fingerprint density at radius 2 is 1.95 bits per heavy atom. The summed E-state index contributed by atoms with van der Waals surface area (Å²) in [7, 11) is 0. The fourth-order valence-electron chi connectivity index (χ4n) is 2.34. The van der Waals surface area contributed by atoms with Crippen molar-refractivity contribution in [3.63, 3.8) is 0 Å². The van der Waals surface area contributed by atoms with E-state index in [-0.39, 0.29) is 11.9 Å². The van der Waals surface area contributed by atoms with Gasteiger partial charge in [0.25, 0.3) is 0 Å². The van der Waals surface area contributed by atoms with Gasteiger partial charge in [0, 0.05) is 22.0 Å². The largest absolute Gasteiger partial charge is 0.485 e. The molecule has 0 amide bonds. The summed E-state index contributed by atoms with van der Waals surface area (Å²) in [6.07, 6.45) is -0.529. The van der Waals surface area contributed by atoms with Gasteiger partial charge < -0.3 is 9.84 Å². The Balaban J connectivity index is 1.97. The third-order valence-corrected chi connectivity index (χ3v) is 4.01. The van der Waals surface area contributed by atoms with E-state index in [1.165, 1.54) is 12.1 Å². The summed E-state index contributed by atoms with van der Waals surface area (Å²) in [5.74, 6) is 0.182. The van der Waals surface area contributed by atoms with E-state index in [1.54, 1.807) is 6.07 Å². The number of benzene rings is 2. The van der Waals surface area contributed by atoms with E-state index in [0.717, 1.165) is 10.0 Å². The molecule has 0 fully saturated rings. The van der Waals surface area contributed by atoms with Crippen LogP contribution in [-0.2, 0) is 0 Å². The zero-order chi connectivity index (χ0) is 13.4. The van der Waals surface area contributed by atoms with Crippen molar-refractivity contribution < 1.29 is 14.2 Å². The molecular formula is C15H12BrFO2. The predicted molar refractivity (Wildman–Crippen MR) is 73.5 cm³/mol. The van der Waals surface area contributed by atoms with Gasteiger partial charge in [-0.15, -0.1) is 0 Å². The molecule has 3 rings (SSSR count). The van der Waals surface area contributed by atoms with Gasteiger partial charge in [-0.25, -0.2) is 4.39 Å². The maximum absolute atomic E-state index is 13.2. The van der Waals surface area contributed by atoms with E-state index >= 15 is 0 Å². The Hall–Kier alpha value is -1.39. The maximum Gasteiger partial charge on any atom is 0.128 e. The number of rotatable bonds is 1. The van der Waals surface area contributed by atoms with Crippen molar-refractivity contribution in [1.82, 2.24) is 0 Å². The number of ether oxygens (including phenoxy) is 1. The first-order valence-electron chi connectivity index (χ1n) is 6.04. The lowest BCUT2D eigenvalue weighted by atomic mass is 9.95. The van der Waals surface area contributed by atoms with E-state index in [2.05, 4.69) is 15.9 Å². The van der Waals surface area contributed by atoms with Crippen molar-refractivity contribution in [2.24, 2.45) is 0 Å². The molecule has 2 nitrogen and oxygen atoms in total. The molecule has 98 valence electrons. The molecule has 1 unspecified atom stereocenters. The first-order valence-corrected chi connectivity index (χ1v) is 6.83. The van der Waals surface area contributed by atoms with E-state index < -0.39 is 6.10 Å². The van der Waals surface area contributed by atoms with Gasteiger partial charge in [-0.2, -0.15) is 0 Å². The second-order valence-corrected chi connectivity index (χ2v) is 5.42. The average molecular weight is 323 g/mol. The topological polar surface area (TPSA) is 29.5 Å². The number of hydrogen-bond donors (Lipinski definition) is 1. The molecule has 1 aliphatic rings. The van der Waals surface area contributed by atoms with Crippen LogP contribution in [0.5, 0.6) is 5.75 Å². The third-order valence-electron chi connectivity index (χ3n) is 3.29. The quantitative estimate of drug-likeness (QED) is 0.854. The average Bonchev–Trinajstić information content (AvgIpc) is 2.40. The minimum absolute atomic E-state index is 0.233. The summed E-state index contributed by atoms with van der Waals surface area (Å²) in [5.41, 5.74) is 1.50. The van der Waals surface area contributed by atoms with Gasteiger partial charge in [0.05, 0.1) is 6.10 Å². The fraction of sp³-hybridized carbons (Fsp3) is 0.200. The molecule has 1 heterocycles. The summed E-state index contributed by atoms with van der Waals surface area (Å²) in [4.78, 5) is 0. The second-order valence-electron chi connectivity index (χ2n) is 4.56. The van der Waals surface area contributed by atoms with Crippen molar-refractivity contribution in [3.05, 3.63) is 63.9 Å². The number of hydrogen-bond acceptors (Lipinski definition) is 2. The van der Waals surface area contributed by atoms with E-state index in [9.17, 15) is 9.50 Å². The molecule has 4 heteroatoms. The van der Waals surface area contributed by atoms with Crippen molar-refractivity contribution in [1.29, 1.82) is 0 Å². The van der Waals surface area contributed by atoms with E-state index in [4.69, 9.17) is 4.74 Å². The van der Waals surface area contributed by atoms with Crippen LogP contribution < -0.4 is 4.74 Å². The monoisotopic (exact) mass is 322 g/mol. The standard InChI is InChI=1S/C15H12BrFO2/c16-12-4-2-1-3-10(12)15-8-13(18)11-7-9(17)5-6-14(11)19-15/h1-7,13,15,18H,8H2/t13-,15?/m1/s1. The summed E-state index contributed by atoms with van der Waals surface area (Å²) in [6, 6.07) is 12.0. The maximum atomic E-state index is 13.2. The molecule has 19 heavy (non-hydrogen) atoms. The van der Waals surface area contributed by atoms with Crippen molar-refractivity contribution in [2.45, 2.75) is 18.6 Å². The highest BCUT2D eigenvalue weighted by molar-refractivity contribution is 9.10. The second kappa shape index (κ2) is 4.94. The van der Waals surface area contributed by atoms with Gasteiger partial charge in [-0.05, 0) is 24.3 Å². The Labute approximate surface area is 119 Å². The zero-order valence-corrected chi connectivity index (χ0v) is 11.6. The van der Waals surface area contributed by atoms with Crippen LogP contribution in [-0.4, -0.2) is 5.11 Å². The molecule has 0 aliphatic carbocycles. The Bertz CT molecular complexity index is 615. The number of halogens is 2. The molecule has 0 saturated carbocycles. The third kappa shape index (κ3) is 2.38. The predicted octanol–water partition coefficient (Wildman–Crippen LogP) is 4.15. The van der Waals surface area contributed by atoms with Crippen LogP contribution in [0.3, 0.4) is 0 Å². The van der Waals surface area contributed by atoms with Crippen LogP contribution >= 0.6 is 15.9 Å². The van der Waals surface area contributed by atoms with Gasteiger partial charge in [0.15, 0.2) is 0 Å². The fourth-order valence-corrected chi connectivity index (χ4v) is 2.88. The Kier molecular flexibility index (Phi) is 3.29. The Morgan fingerprint density at radius 1 is 1.16 bits per heavy atom. The molecule has 1 aliphatic heterocycles. The minimum atomic E-state index is -0.712. The summed E-state index contributed by atoms with van der Waals surface area (Å²) in [5, 5.41) is 10.1. The molecular weight excluding hydrogens is 311 g/mol. The van der Waals surface area contributed by atoms with Crippen LogP contribution in [0.2, 0.25) is 0 Å². The molecule has 0 saturated heterocycles. The molecule has 0 bridgehead atoms. The van der Waals surface area contributed by atoms with Gasteiger partial charge in [0.2, 0.25) is 0 Å². The summed E-state index contributed by atoms with van der Waals surface area (Å²) in [6.45, 7) is 0. The van der Waals surface area contributed by atoms with Crippen molar-refractivity contribution in [3.8, 4) is 5.75 Å². The molecule has 2 aromatic carbocycles. The highest BCUT2D eigenvalue weighted by atomic mass is 79.9. The van der Waals surface area contributed by atoms with Gasteiger partial charge in [0.1, 0.15) is 17.7 Å². The lowest BCUT2D eigenvalue weighted by Gasteiger charge is -2.30. The molecule has 0 spiro atoms. The summed E-state index contributed by atoms with van der Waals surface area (Å²) >= 11 is 3.48. The van der Waals surface area contributed by atoms with Gasteiger partial charge in [-0.1, -0.05) is 34.1 Å². The first-order chi connectivity index (χ1) is 9.15. The lowest BCUT2D eigenvalue weighted by Crippen LogP contribution is -2.19. The van der Waals surface area contributed by atoms with Crippen LogP contribution in [0.15, 0.2) is 46.9 Å². The van der Waals surface area contributed by atoms with Crippen LogP contribution in [0.4, 0.5) is 4.39 Å². The highest BCUT2D eigenvalue weighted by Gasteiger charge is 2.29. The van der Waals surface area contributed by atoms with E-state index in [0.29, 0.717) is 17.7 Å². The lowest BCUT2D eigenvalue weighted by molar-refractivity contribution is 0.0650. The number of fused-ring (bicyclic) bond motifs is 1. The van der Waals surface area contributed by atoms with Crippen molar-refractivity contribution >= 4 is 15.9 Å². The summed E-state index contributed by atoms with van der Waals surface area (Å²) < 4.78 is 20.0. The number of aliphatic hydroxyl groups excluding tert-OH is 1. The van der Waals surface area contributed by atoms with E-state index in [1.807, 2.05) is 24.3 Å². The van der Waals surface area contributed by atoms with Gasteiger partial charge in [-0.3, -0.25) is 0 Å².